The number of nitrogens with one attached hydrogen (secondary N) is 1. The lowest BCUT2D eigenvalue weighted by molar-refractivity contribution is 0.0599. The first-order valence-electron chi connectivity index (χ1n) is 8.07. The molecule has 0 radical (unpaired) electrons. The third-order valence-corrected chi connectivity index (χ3v) is 4.51. The molecule has 3 heteroatoms. The van der Waals surface area contributed by atoms with Crippen LogP contribution in [0.1, 0.15) is 54.9 Å². The number of methoxy groups -OCH3 is 1. The van der Waals surface area contributed by atoms with Gasteiger partial charge < -0.3 is 10.1 Å². The third kappa shape index (κ3) is 4.85. The quantitative estimate of drug-likeness (QED) is 0.640. The number of carbonyl (C=O) groups is 1. The molecule has 1 aromatic rings. The molecule has 0 heterocycles. The molecule has 0 spiro atoms. The normalized spacial score (nSPS) is 22.0. The standard InChI is InChI=1S/C18H27NO2/c1-14-6-5-7-15(12-14)10-11-19-13-16-8-3-4-9-17(16)18(20)21-2/h3-4,8-9,14-15,19H,5-7,10-13H2,1-2H3. The Labute approximate surface area is 128 Å². The van der Waals surface area contributed by atoms with Crippen molar-refractivity contribution in [3.63, 3.8) is 0 Å². The molecule has 1 aromatic carbocycles. The van der Waals surface area contributed by atoms with E-state index in [4.69, 9.17) is 4.74 Å². The Morgan fingerprint density at radius 3 is 2.90 bits per heavy atom. The van der Waals surface area contributed by atoms with Gasteiger partial charge in [-0.25, -0.2) is 4.79 Å². The van der Waals surface area contributed by atoms with Gasteiger partial charge in [0.2, 0.25) is 0 Å². The molecule has 0 amide bonds. The lowest BCUT2D eigenvalue weighted by Crippen LogP contribution is -2.22. The van der Waals surface area contributed by atoms with Crippen LogP contribution in [-0.2, 0) is 11.3 Å². The van der Waals surface area contributed by atoms with Gasteiger partial charge in [0.05, 0.1) is 12.7 Å². The molecule has 2 atom stereocenters. The topological polar surface area (TPSA) is 38.3 Å². The second-order valence-electron chi connectivity index (χ2n) is 6.25. The second kappa shape index (κ2) is 8.18. The number of ether oxygens (including phenoxy) is 1. The van der Waals surface area contributed by atoms with E-state index in [1.54, 1.807) is 0 Å². The zero-order valence-corrected chi connectivity index (χ0v) is 13.2. The van der Waals surface area contributed by atoms with Crippen LogP contribution in [0, 0.1) is 11.8 Å². The van der Waals surface area contributed by atoms with E-state index in [0.29, 0.717) is 5.56 Å². The van der Waals surface area contributed by atoms with Crippen LogP contribution in [0.5, 0.6) is 0 Å². The molecular weight excluding hydrogens is 262 g/mol. The van der Waals surface area contributed by atoms with E-state index in [1.807, 2.05) is 24.3 Å². The van der Waals surface area contributed by atoms with Gasteiger partial charge in [-0.15, -0.1) is 0 Å². The lowest BCUT2D eigenvalue weighted by Gasteiger charge is -2.26. The lowest BCUT2D eigenvalue weighted by atomic mass is 9.81. The van der Waals surface area contributed by atoms with Crippen LogP contribution in [0.3, 0.4) is 0 Å². The fourth-order valence-electron chi connectivity index (χ4n) is 3.33. The summed E-state index contributed by atoms with van der Waals surface area (Å²) in [7, 11) is 1.43. The highest BCUT2D eigenvalue weighted by Crippen LogP contribution is 2.30. The highest BCUT2D eigenvalue weighted by atomic mass is 16.5. The van der Waals surface area contributed by atoms with Crippen LogP contribution in [-0.4, -0.2) is 19.6 Å². The fraction of sp³-hybridized carbons (Fsp3) is 0.611. The first kappa shape index (κ1) is 16.0. The van der Waals surface area contributed by atoms with Crippen LogP contribution in [0.4, 0.5) is 0 Å². The van der Waals surface area contributed by atoms with Gasteiger partial charge in [-0.3, -0.25) is 0 Å². The SMILES string of the molecule is COC(=O)c1ccccc1CNCCC1CCCC(C)C1. The molecule has 1 aliphatic carbocycles. The minimum atomic E-state index is -0.256. The van der Waals surface area contributed by atoms with Crippen molar-refractivity contribution in [3.05, 3.63) is 35.4 Å². The molecule has 1 fully saturated rings. The summed E-state index contributed by atoms with van der Waals surface area (Å²) in [6.07, 6.45) is 6.78. The second-order valence-corrected chi connectivity index (χ2v) is 6.25. The van der Waals surface area contributed by atoms with Crippen molar-refractivity contribution in [2.75, 3.05) is 13.7 Å². The Bertz CT molecular complexity index is 458. The summed E-state index contributed by atoms with van der Waals surface area (Å²) in [5.41, 5.74) is 1.68. The van der Waals surface area contributed by atoms with Gasteiger partial charge in [-0.05, 0) is 42.9 Å². The van der Waals surface area contributed by atoms with Gasteiger partial charge >= 0.3 is 5.97 Å². The molecule has 0 aliphatic heterocycles. The number of rotatable bonds is 6. The van der Waals surface area contributed by atoms with Gasteiger partial charge in [0.1, 0.15) is 0 Å². The summed E-state index contributed by atoms with van der Waals surface area (Å²) in [5.74, 6) is 1.51. The molecule has 2 unspecified atom stereocenters. The molecule has 1 saturated carbocycles. The summed E-state index contributed by atoms with van der Waals surface area (Å²) in [6, 6.07) is 7.65. The largest absolute Gasteiger partial charge is 0.465 e. The van der Waals surface area contributed by atoms with Crippen LogP contribution in [0.15, 0.2) is 24.3 Å². The van der Waals surface area contributed by atoms with Crippen molar-refractivity contribution >= 4 is 5.97 Å². The van der Waals surface area contributed by atoms with Crippen LogP contribution in [0.2, 0.25) is 0 Å². The van der Waals surface area contributed by atoms with E-state index < -0.39 is 0 Å². The monoisotopic (exact) mass is 289 g/mol. The van der Waals surface area contributed by atoms with Crippen LogP contribution in [0.25, 0.3) is 0 Å². The Kier molecular flexibility index (Phi) is 6.24. The van der Waals surface area contributed by atoms with Crippen molar-refractivity contribution < 1.29 is 9.53 Å². The maximum absolute atomic E-state index is 11.7. The summed E-state index contributed by atoms with van der Waals surface area (Å²) < 4.78 is 4.82. The van der Waals surface area contributed by atoms with Crippen molar-refractivity contribution in [1.29, 1.82) is 0 Å². The molecule has 3 nitrogen and oxygen atoms in total. The Balaban J connectivity index is 1.77. The summed E-state index contributed by atoms with van der Waals surface area (Å²) >= 11 is 0. The van der Waals surface area contributed by atoms with Gasteiger partial charge in [-0.2, -0.15) is 0 Å². The molecule has 1 N–H and O–H groups in total. The average molecular weight is 289 g/mol. The van der Waals surface area contributed by atoms with E-state index in [-0.39, 0.29) is 5.97 Å². The van der Waals surface area contributed by atoms with E-state index in [1.165, 1.54) is 39.2 Å². The van der Waals surface area contributed by atoms with Crippen molar-refractivity contribution in [2.45, 2.75) is 45.6 Å². The van der Waals surface area contributed by atoms with Gasteiger partial charge in [-0.1, -0.05) is 44.4 Å². The maximum atomic E-state index is 11.7. The van der Waals surface area contributed by atoms with Gasteiger partial charge in [0, 0.05) is 6.54 Å². The van der Waals surface area contributed by atoms with E-state index in [2.05, 4.69) is 12.2 Å². The number of carbonyl (C=O) groups excluding carboxylic acids is 1. The van der Waals surface area contributed by atoms with E-state index in [0.717, 1.165) is 30.5 Å². The van der Waals surface area contributed by atoms with Crippen molar-refractivity contribution in [1.82, 2.24) is 5.32 Å². The molecule has 116 valence electrons. The maximum Gasteiger partial charge on any atom is 0.338 e. The fourth-order valence-corrected chi connectivity index (χ4v) is 3.33. The smallest absolute Gasteiger partial charge is 0.338 e. The average Bonchev–Trinajstić information content (AvgIpc) is 2.51. The van der Waals surface area contributed by atoms with E-state index in [9.17, 15) is 4.79 Å². The molecule has 0 saturated heterocycles. The highest BCUT2D eigenvalue weighted by molar-refractivity contribution is 5.90. The zero-order valence-electron chi connectivity index (χ0n) is 13.2. The zero-order chi connectivity index (χ0) is 15.1. The van der Waals surface area contributed by atoms with Crippen LogP contribution < -0.4 is 5.32 Å². The van der Waals surface area contributed by atoms with Gasteiger partial charge in [0.15, 0.2) is 0 Å². The molecular formula is C18H27NO2. The Morgan fingerprint density at radius 1 is 1.33 bits per heavy atom. The molecule has 0 aromatic heterocycles. The Morgan fingerprint density at radius 2 is 2.14 bits per heavy atom. The van der Waals surface area contributed by atoms with Crippen molar-refractivity contribution in [3.8, 4) is 0 Å². The summed E-state index contributed by atoms with van der Waals surface area (Å²) in [5, 5.41) is 3.48. The summed E-state index contributed by atoms with van der Waals surface area (Å²) in [4.78, 5) is 11.7. The Hall–Kier alpha value is -1.35. The number of benzene rings is 1. The minimum Gasteiger partial charge on any atom is -0.465 e. The number of esters is 1. The van der Waals surface area contributed by atoms with E-state index >= 15 is 0 Å². The van der Waals surface area contributed by atoms with Crippen LogP contribution >= 0.6 is 0 Å². The van der Waals surface area contributed by atoms with Gasteiger partial charge in [0.25, 0.3) is 0 Å². The summed E-state index contributed by atoms with van der Waals surface area (Å²) in [6.45, 7) is 4.12. The molecule has 1 aliphatic rings. The third-order valence-electron chi connectivity index (χ3n) is 4.51. The molecule has 2 rings (SSSR count). The number of hydrogen-bond acceptors (Lipinski definition) is 3. The first-order chi connectivity index (χ1) is 10.2. The predicted molar refractivity (Wildman–Crippen MR) is 85.2 cm³/mol. The number of hydrogen-bond donors (Lipinski definition) is 1. The van der Waals surface area contributed by atoms with Crippen molar-refractivity contribution in [2.24, 2.45) is 11.8 Å². The predicted octanol–water partition coefficient (Wildman–Crippen LogP) is 3.78. The molecule has 0 bridgehead atoms. The highest BCUT2D eigenvalue weighted by Gasteiger charge is 2.18. The first-order valence-corrected chi connectivity index (χ1v) is 8.07. The molecule has 21 heavy (non-hydrogen) atoms. The minimum absolute atomic E-state index is 0.256.